The molecule has 2 heterocycles. The van der Waals surface area contributed by atoms with Crippen LogP contribution in [0.2, 0.25) is 10.2 Å². The van der Waals surface area contributed by atoms with E-state index in [-0.39, 0.29) is 28.1 Å². The van der Waals surface area contributed by atoms with Gasteiger partial charge in [-0.25, -0.2) is 9.20 Å². The summed E-state index contributed by atoms with van der Waals surface area (Å²) in [5.74, 6) is -1.69. The number of H-pyrrole nitrogens is 1. The number of nitrogens with zero attached hydrogens (tertiary/aromatic N) is 2. The molecule has 0 aliphatic rings. The summed E-state index contributed by atoms with van der Waals surface area (Å²) in [7, 11) is 0. The number of aromatic nitrogens is 2. The van der Waals surface area contributed by atoms with E-state index < -0.39 is 23.1 Å². The summed E-state index contributed by atoms with van der Waals surface area (Å²) < 4.78 is 1.04. The number of fused-ring (bicyclic) bond motifs is 1. The molecule has 12 heteroatoms. The zero-order chi connectivity index (χ0) is 30.4. The lowest BCUT2D eigenvalue weighted by atomic mass is 10.0. The second kappa shape index (κ2) is 13.6. The number of nitrogens with two attached hydrogens (primary N) is 1. The van der Waals surface area contributed by atoms with E-state index in [1.165, 1.54) is 0 Å². The molecule has 42 heavy (non-hydrogen) atoms. The minimum absolute atomic E-state index is 0.0423. The first-order valence-electron chi connectivity index (χ1n) is 13.7. The first kappa shape index (κ1) is 30.7. The van der Waals surface area contributed by atoms with Gasteiger partial charge in [-0.05, 0) is 42.7 Å². The highest BCUT2D eigenvalue weighted by molar-refractivity contribution is 6.35. The zero-order valence-electron chi connectivity index (χ0n) is 23.3. The van der Waals surface area contributed by atoms with Crippen LogP contribution in [-0.4, -0.2) is 45.2 Å². The molecule has 0 unspecified atom stereocenters. The molecule has 2 aromatic heterocycles. The minimum Gasteiger partial charge on any atom is -0.384 e. The van der Waals surface area contributed by atoms with Crippen LogP contribution in [0, 0.1) is 0 Å². The van der Waals surface area contributed by atoms with Gasteiger partial charge in [0.1, 0.15) is 22.2 Å². The number of rotatable bonds is 10. The van der Waals surface area contributed by atoms with Gasteiger partial charge in [0.15, 0.2) is 0 Å². The molecule has 0 radical (unpaired) electrons. The van der Waals surface area contributed by atoms with Crippen LogP contribution in [0.4, 0.5) is 16.3 Å². The molecule has 10 nitrogen and oxygen atoms in total. The number of para-hydroxylation sites is 1. The Morgan fingerprint density at radius 2 is 1.55 bits per heavy atom. The maximum Gasteiger partial charge on any atom is 0.326 e. The van der Waals surface area contributed by atoms with Crippen LogP contribution in [-0.2, 0) is 0 Å². The van der Waals surface area contributed by atoms with Crippen LogP contribution >= 0.6 is 23.2 Å². The molecular weight excluding hydrogens is 579 g/mol. The number of hydrogen-bond donors (Lipinski definition) is 4. The molecule has 0 saturated carbocycles. The van der Waals surface area contributed by atoms with E-state index in [1.807, 2.05) is 13.8 Å². The number of nitrogen functional groups attached to an aromatic ring is 1. The number of aromatic amines is 1. The lowest BCUT2D eigenvalue weighted by Crippen LogP contribution is -2.39. The summed E-state index contributed by atoms with van der Waals surface area (Å²) in [6.07, 6.45) is 3.35. The molecule has 0 aliphatic heterocycles. The second-order valence-electron chi connectivity index (χ2n) is 9.72. The Balaban J connectivity index is 1.85. The molecule has 0 atom stereocenters. The maximum atomic E-state index is 14.1. The van der Waals surface area contributed by atoms with Crippen molar-refractivity contribution in [2.75, 3.05) is 24.1 Å². The largest absolute Gasteiger partial charge is 0.384 e. The predicted molar refractivity (Wildman–Crippen MR) is 167 cm³/mol. The highest BCUT2D eigenvalue weighted by Gasteiger charge is 2.31. The number of hydrogen-bond acceptors (Lipinski definition) is 5. The van der Waals surface area contributed by atoms with Gasteiger partial charge in [-0.3, -0.25) is 19.7 Å². The van der Waals surface area contributed by atoms with E-state index in [1.54, 1.807) is 59.5 Å². The van der Waals surface area contributed by atoms with E-state index in [2.05, 4.69) is 15.6 Å². The number of carbonyl (C=O) groups excluding carboxylic acids is 3. The van der Waals surface area contributed by atoms with Gasteiger partial charge in [-0.15, -0.1) is 0 Å². The molecule has 220 valence electrons. The molecule has 0 aliphatic carbocycles. The number of unbranched alkanes of at least 4 members (excludes halogenated alkanes) is 2. The highest BCUT2D eigenvalue weighted by Crippen LogP contribution is 2.37. The Morgan fingerprint density at radius 3 is 2.14 bits per heavy atom. The smallest absolute Gasteiger partial charge is 0.326 e. The van der Waals surface area contributed by atoms with Crippen LogP contribution in [0.25, 0.3) is 16.8 Å². The molecule has 4 amide bonds. The van der Waals surface area contributed by atoms with Gasteiger partial charge >= 0.3 is 6.03 Å². The van der Waals surface area contributed by atoms with E-state index in [0.717, 1.165) is 30.1 Å². The van der Waals surface area contributed by atoms with Crippen molar-refractivity contribution >= 4 is 58.2 Å². The van der Waals surface area contributed by atoms with E-state index in [0.29, 0.717) is 34.9 Å². The maximum absolute atomic E-state index is 14.1. The molecule has 4 aromatic rings. The van der Waals surface area contributed by atoms with Crippen molar-refractivity contribution in [3.8, 4) is 11.1 Å². The summed E-state index contributed by atoms with van der Waals surface area (Å²) in [5.41, 5.74) is 6.24. The Kier molecular flexibility index (Phi) is 9.92. The first-order chi connectivity index (χ1) is 20.2. The molecule has 2 aromatic carbocycles. The monoisotopic (exact) mass is 610 g/mol. The first-order valence-corrected chi connectivity index (χ1v) is 14.4. The summed E-state index contributed by atoms with van der Waals surface area (Å²) in [5, 5.41) is 5.02. The topological polar surface area (TPSA) is 142 Å². The van der Waals surface area contributed by atoms with E-state index >= 15 is 0 Å². The quantitative estimate of drug-likeness (QED) is 0.169. The summed E-state index contributed by atoms with van der Waals surface area (Å²) in [6, 6.07) is 14.3. The molecule has 5 N–H and O–H groups in total. The lowest BCUT2D eigenvalue weighted by Gasteiger charge is -2.23. The Morgan fingerprint density at radius 1 is 0.929 bits per heavy atom. The Hall–Kier alpha value is -4.28. The number of urea groups is 1. The van der Waals surface area contributed by atoms with Crippen LogP contribution < -0.4 is 21.9 Å². The molecule has 0 spiro atoms. The van der Waals surface area contributed by atoms with Gasteiger partial charge in [0.25, 0.3) is 17.4 Å². The number of halogens is 2. The van der Waals surface area contributed by atoms with Crippen molar-refractivity contribution in [1.82, 2.24) is 19.6 Å². The number of amides is 4. The number of benzene rings is 2. The standard InChI is InChI=1S/C30H32Cl2N6O4/c1-3-5-16-37(17-6-4-2)28(40)22-21(18-12-14-19(31)15-13-18)24(32)38-26(22)35-25(33)23(29(38)41)27(39)36-30(42)34-20-10-8-7-9-11-20/h7-15,35H,3-6,16-17,33H2,1-2H3,(H2,34,36,39,42). The van der Waals surface area contributed by atoms with Gasteiger partial charge in [0, 0.05) is 29.4 Å². The van der Waals surface area contributed by atoms with Crippen molar-refractivity contribution in [1.29, 1.82) is 0 Å². The van der Waals surface area contributed by atoms with Crippen molar-refractivity contribution in [3.05, 3.63) is 86.3 Å². The summed E-state index contributed by atoms with van der Waals surface area (Å²) >= 11 is 12.9. The van der Waals surface area contributed by atoms with Gasteiger partial charge < -0.3 is 20.9 Å². The minimum atomic E-state index is -1.04. The van der Waals surface area contributed by atoms with Gasteiger partial charge in [-0.1, -0.05) is 80.2 Å². The number of imide groups is 1. The molecular formula is C30H32Cl2N6O4. The Bertz CT molecular complexity index is 1660. The fraction of sp³-hybridized carbons (Fsp3) is 0.267. The average molecular weight is 612 g/mol. The summed E-state index contributed by atoms with van der Waals surface area (Å²) in [6.45, 7) is 5.11. The lowest BCUT2D eigenvalue weighted by molar-refractivity contribution is 0.0753. The second-order valence-corrected chi connectivity index (χ2v) is 10.5. The van der Waals surface area contributed by atoms with E-state index in [4.69, 9.17) is 28.9 Å². The third kappa shape index (κ3) is 6.45. The van der Waals surface area contributed by atoms with Crippen molar-refractivity contribution < 1.29 is 14.4 Å². The summed E-state index contributed by atoms with van der Waals surface area (Å²) in [4.78, 5) is 58.1. The molecule has 4 rings (SSSR count). The van der Waals surface area contributed by atoms with Crippen LogP contribution in [0.15, 0.2) is 59.4 Å². The molecule has 0 saturated heterocycles. The van der Waals surface area contributed by atoms with Crippen molar-refractivity contribution in [2.24, 2.45) is 0 Å². The van der Waals surface area contributed by atoms with Gasteiger partial charge in [0.2, 0.25) is 0 Å². The Labute approximate surface area is 252 Å². The zero-order valence-corrected chi connectivity index (χ0v) is 24.8. The van der Waals surface area contributed by atoms with Crippen LogP contribution in [0.5, 0.6) is 0 Å². The fourth-order valence-electron chi connectivity index (χ4n) is 4.60. The number of nitrogens with one attached hydrogen (secondary N) is 3. The molecule has 0 fully saturated rings. The van der Waals surface area contributed by atoms with E-state index in [9.17, 15) is 19.2 Å². The normalized spacial score (nSPS) is 11.0. The third-order valence-corrected chi connectivity index (χ3v) is 7.35. The molecule has 0 bridgehead atoms. The SMILES string of the molecule is CCCCN(CCCC)C(=O)c1c(-c2ccc(Cl)cc2)c(Cl)n2c(=O)c(C(=O)NC(=O)Nc3ccccc3)c(N)[nH]c12. The van der Waals surface area contributed by atoms with Crippen molar-refractivity contribution in [2.45, 2.75) is 39.5 Å². The highest BCUT2D eigenvalue weighted by atomic mass is 35.5. The van der Waals surface area contributed by atoms with Crippen molar-refractivity contribution in [3.63, 3.8) is 0 Å². The van der Waals surface area contributed by atoms with Gasteiger partial charge in [0.05, 0.1) is 5.56 Å². The fourth-order valence-corrected chi connectivity index (χ4v) is 5.09. The average Bonchev–Trinajstić information content (AvgIpc) is 3.25. The van der Waals surface area contributed by atoms with Gasteiger partial charge in [-0.2, -0.15) is 0 Å². The third-order valence-electron chi connectivity index (χ3n) is 6.74. The van der Waals surface area contributed by atoms with Crippen LogP contribution in [0.3, 0.4) is 0 Å². The number of anilines is 2. The number of carbonyl (C=O) groups is 3. The van der Waals surface area contributed by atoms with Crippen LogP contribution in [0.1, 0.15) is 60.2 Å². The predicted octanol–water partition coefficient (Wildman–Crippen LogP) is 6.19.